The number of carboxylic acids is 1. The van der Waals surface area contributed by atoms with E-state index in [2.05, 4.69) is 15.5 Å². The van der Waals surface area contributed by atoms with Crippen molar-refractivity contribution in [2.45, 2.75) is 13.8 Å². The fraction of sp³-hybridized carbons (Fsp3) is 0.133. The number of aromatic nitrogens is 2. The summed E-state index contributed by atoms with van der Waals surface area (Å²) in [5.74, 6) is -1.30. The molecule has 0 bridgehead atoms. The SMILES string of the molecule is Cc1n[nH]c(C)c1NC(=O)c1cccc(C=CC(=O)O)c1. The number of H-pyrrole nitrogens is 1. The maximum absolute atomic E-state index is 12.2. The summed E-state index contributed by atoms with van der Waals surface area (Å²) in [4.78, 5) is 22.7. The van der Waals surface area contributed by atoms with E-state index in [4.69, 9.17) is 5.11 Å². The number of benzene rings is 1. The normalized spacial score (nSPS) is 10.8. The van der Waals surface area contributed by atoms with Gasteiger partial charge in [0.2, 0.25) is 0 Å². The highest BCUT2D eigenvalue weighted by atomic mass is 16.4. The minimum Gasteiger partial charge on any atom is -0.478 e. The number of carboxylic acid groups (broad SMARTS) is 1. The van der Waals surface area contributed by atoms with Crippen LogP contribution in [0.25, 0.3) is 6.08 Å². The van der Waals surface area contributed by atoms with Crippen molar-refractivity contribution in [3.05, 3.63) is 52.9 Å². The van der Waals surface area contributed by atoms with Gasteiger partial charge in [-0.15, -0.1) is 0 Å². The molecule has 0 aliphatic heterocycles. The third kappa shape index (κ3) is 3.56. The number of amides is 1. The number of carbonyl (C=O) groups excluding carboxylic acids is 1. The summed E-state index contributed by atoms with van der Waals surface area (Å²) in [6.45, 7) is 3.62. The van der Waals surface area contributed by atoms with Crippen LogP contribution in [0.1, 0.15) is 27.3 Å². The van der Waals surface area contributed by atoms with Gasteiger partial charge in [-0.2, -0.15) is 5.10 Å². The van der Waals surface area contributed by atoms with E-state index in [0.29, 0.717) is 22.5 Å². The van der Waals surface area contributed by atoms with Crippen LogP contribution in [0.3, 0.4) is 0 Å². The van der Waals surface area contributed by atoms with Gasteiger partial charge in [-0.05, 0) is 37.6 Å². The van der Waals surface area contributed by atoms with E-state index in [1.807, 2.05) is 6.92 Å². The molecule has 1 aromatic carbocycles. The number of carbonyl (C=O) groups is 2. The topological polar surface area (TPSA) is 95.1 Å². The van der Waals surface area contributed by atoms with E-state index in [0.717, 1.165) is 11.8 Å². The lowest BCUT2D eigenvalue weighted by Gasteiger charge is -2.06. The smallest absolute Gasteiger partial charge is 0.328 e. The van der Waals surface area contributed by atoms with Crippen molar-refractivity contribution >= 4 is 23.6 Å². The molecule has 6 heteroatoms. The third-order valence-corrected chi connectivity index (χ3v) is 2.93. The van der Waals surface area contributed by atoms with Crippen LogP contribution in [0, 0.1) is 13.8 Å². The van der Waals surface area contributed by atoms with Gasteiger partial charge in [0.15, 0.2) is 0 Å². The number of aromatic amines is 1. The molecule has 2 rings (SSSR count). The van der Waals surface area contributed by atoms with Crippen LogP contribution in [0.2, 0.25) is 0 Å². The molecule has 0 saturated carbocycles. The highest BCUT2D eigenvalue weighted by Gasteiger charge is 2.11. The second kappa shape index (κ2) is 6.04. The number of aryl methyl sites for hydroxylation is 2. The van der Waals surface area contributed by atoms with E-state index in [-0.39, 0.29) is 5.91 Å². The van der Waals surface area contributed by atoms with Crippen molar-refractivity contribution in [2.24, 2.45) is 0 Å². The van der Waals surface area contributed by atoms with Crippen LogP contribution >= 0.6 is 0 Å². The molecule has 3 N–H and O–H groups in total. The fourth-order valence-electron chi connectivity index (χ4n) is 1.87. The van der Waals surface area contributed by atoms with Crippen LogP contribution in [0.4, 0.5) is 5.69 Å². The second-order valence-electron chi connectivity index (χ2n) is 4.56. The standard InChI is InChI=1S/C15H15N3O3/c1-9-14(10(2)18-17-9)16-15(21)12-5-3-4-11(8-12)6-7-13(19)20/h3-8H,1-2H3,(H,16,21)(H,17,18)(H,19,20). The van der Waals surface area contributed by atoms with Crippen molar-refractivity contribution in [3.63, 3.8) is 0 Å². The number of rotatable bonds is 4. The molecule has 2 aromatic rings. The first kappa shape index (κ1) is 14.5. The molecule has 21 heavy (non-hydrogen) atoms. The Hall–Kier alpha value is -2.89. The highest BCUT2D eigenvalue weighted by molar-refractivity contribution is 6.05. The van der Waals surface area contributed by atoms with Crippen LogP contribution in [0.5, 0.6) is 0 Å². The van der Waals surface area contributed by atoms with Crippen molar-refractivity contribution in [2.75, 3.05) is 5.32 Å². The first-order valence-electron chi connectivity index (χ1n) is 6.31. The number of hydrogen-bond donors (Lipinski definition) is 3. The largest absolute Gasteiger partial charge is 0.478 e. The van der Waals surface area contributed by atoms with Gasteiger partial charge in [0.05, 0.1) is 17.1 Å². The third-order valence-electron chi connectivity index (χ3n) is 2.93. The summed E-state index contributed by atoms with van der Waals surface area (Å²) in [6, 6.07) is 6.72. The lowest BCUT2D eigenvalue weighted by Crippen LogP contribution is -2.13. The van der Waals surface area contributed by atoms with Crippen LogP contribution in [0.15, 0.2) is 30.3 Å². The Kier molecular flexibility index (Phi) is 4.18. The molecule has 0 unspecified atom stereocenters. The molecule has 0 saturated heterocycles. The molecule has 1 aromatic heterocycles. The Morgan fingerprint density at radius 1 is 1.33 bits per heavy atom. The quantitative estimate of drug-likeness (QED) is 0.751. The Morgan fingerprint density at radius 3 is 2.71 bits per heavy atom. The van der Waals surface area contributed by atoms with Gasteiger partial charge in [-0.1, -0.05) is 12.1 Å². The molecule has 0 aliphatic rings. The zero-order valence-electron chi connectivity index (χ0n) is 11.7. The highest BCUT2D eigenvalue weighted by Crippen LogP contribution is 2.17. The van der Waals surface area contributed by atoms with Gasteiger partial charge < -0.3 is 10.4 Å². The molecule has 0 atom stereocenters. The Balaban J connectivity index is 2.20. The van der Waals surface area contributed by atoms with Crippen LogP contribution in [-0.2, 0) is 4.79 Å². The summed E-state index contributed by atoms with van der Waals surface area (Å²) in [6.07, 6.45) is 2.47. The summed E-state index contributed by atoms with van der Waals surface area (Å²) in [5.41, 5.74) is 3.24. The maximum atomic E-state index is 12.2. The molecule has 1 amide bonds. The van der Waals surface area contributed by atoms with Crippen molar-refractivity contribution in [1.29, 1.82) is 0 Å². The Bertz CT molecular complexity index is 697. The minimum atomic E-state index is -1.03. The van der Waals surface area contributed by atoms with E-state index in [1.165, 1.54) is 6.08 Å². The summed E-state index contributed by atoms with van der Waals surface area (Å²) >= 11 is 0. The molecule has 1 heterocycles. The first-order chi connectivity index (χ1) is 9.97. The van der Waals surface area contributed by atoms with E-state index < -0.39 is 5.97 Å². The monoisotopic (exact) mass is 285 g/mol. The summed E-state index contributed by atoms with van der Waals surface area (Å²) in [5, 5.41) is 18.2. The number of aliphatic carboxylic acids is 1. The number of nitrogens with one attached hydrogen (secondary N) is 2. The van der Waals surface area contributed by atoms with E-state index >= 15 is 0 Å². The minimum absolute atomic E-state index is 0.270. The van der Waals surface area contributed by atoms with Crippen LogP contribution < -0.4 is 5.32 Å². The first-order valence-corrected chi connectivity index (χ1v) is 6.31. The predicted octanol–water partition coefficient (Wildman–Crippen LogP) is 2.38. The zero-order valence-corrected chi connectivity index (χ0v) is 11.7. The molecule has 0 spiro atoms. The average molecular weight is 285 g/mol. The predicted molar refractivity (Wildman–Crippen MR) is 79.1 cm³/mol. The molecular formula is C15H15N3O3. The van der Waals surface area contributed by atoms with Gasteiger partial charge in [0.1, 0.15) is 0 Å². The van der Waals surface area contributed by atoms with E-state index in [9.17, 15) is 9.59 Å². The molecular weight excluding hydrogens is 270 g/mol. The number of anilines is 1. The van der Waals surface area contributed by atoms with E-state index in [1.54, 1.807) is 31.2 Å². The Morgan fingerprint density at radius 2 is 2.10 bits per heavy atom. The van der Waals surface area contributed by atoms with Gasteiger partial charge in [0.25, 0.3) is 5.91 Å². The summed E-state index contributed by atoms with van der Waals surface area (Å²) in [7, 11) is 0. The average Bonchev–Trinajstić information content (AvgIpc) is 2.77. The lowest BCUT2D eigenvalue weighted by atomic mass is 10.1. The molecule has 0 radical (unpaired) electrons. The molecule has 0 fully saturated rings. The number of hydrogen-bond acceptors (Lipinski definition) is 3. The molecule has 6 nitrogen and oxygen atoms in total. The fourth-order valence-corrected chi connectivity index (χ4v) is 1.87. The lowest BCUT2D eigenvalue weighted by molar-refractivity contribution is -0.131. The van der Waals surface area contributed by atoms with Gasteiger partial charge in [-0.25, -0.2) is 4.79 Å². The van der Waals surface area contributed by atoms with Gasteiger partial charge in [0, 0.05) is 11.6 Å². The summed E-state index contributed by atoms with van der Waals surface area (Å²) < 4.78 is 0. The second-order valence-corrected chi connectivity index (χ2v) is 4.56. The zero-order chi connectivity index (χ0) is 15.4. The van der Waals surface area contributed by atoms with Crippen molar-refractivity contribution in [1.82, 2.24) is 10.2 Å². The van der Waals surface area contributed by atoms with Crippen molar-refractivity contribution in [3.8, 4) is 0 Å². The molecule has 108 valence electrons. The van der Waals surface area contributed by atoms with Gasteiger partial charge >= 0.3 is 5.97 Å². The van der Waals surface area contributed by atoms with Crippen LogP contribution in [-0.4, -0.2) is 27.2 Å². The maximum Gasteiger partial charge on any atom is 0.328 e. The molecule has 0 aliphatic carbocycles. The number of nitrogens with zero attached hydrogens (tertiary/aromatic N) is 1. The van der Waals surface area contributed by atoms with Crippen molar-refractivity contribution < 1.29 is 14.7 Å². The van der Waals surface area contributed by atoms with Gasteiger partial charge in [-0.3, -0.25) is 9.89 Å². The Labute approximate surface area is 121 Å².